The van der Waals surface area contributed by atoms with Crippen molar-refractivity contribution >= 4 is 23.1 Å². The first-order valence-corrected chi connectivity index (χ1v) is 24.4. The number of nitrogens with zero attached hydrogens (tertiary/aromatic N) is 2. The smallest absolute Gasteiger partial charge is 0.131 e. The van der Waals surface area contributed by atoms with E-state index in [0.29, 0.717) is 11.7 Å². The summed E-state index contributed by atoms with van der Waals surface area (Å²) >= 11 is 0. The normalized spacial score (nSPS) is 12.2. The molecule has 0 aromatic heterocycles. The third kappa shape index (κ3) is 11.2. The number of benzene rings is 10. The summed E-state index contributed by atoms with van der Waals surface area (Å²) in [6.45, 7) is 0. The second kappa shape index (κ2) is 22.4. The van der Waals surface area contributed by atoms with Gasteiger partial charge in [0.15, 0.2) is 0 Å². The number of hydrogen-bond acceptors (Lipinski definition) is 2. The Morgan fingerprint density at radius 3 is 0.972 bits per heavy atom. The first-order valence-electron chi connectivity index (χ1n) is 24.4. The Bertz CT molecular complexity index is 3300. The first kappa shape index (κ1) is 46.4. The van der Waals surface area contributed by atoms with Crippen molar-refractivity contribution in [1.29, 1.82) is 0 Å². The van der Waals surface area contributed by atoms with Crippen molar-refractivity contribution in [2.45, 2.75) is 12.8 Å². The lowest BCUT2D eigenvalue weighted by atomic mass is 9.88. The third-order valence-electron chi connectivity index (χ3n) is 12.9. The number of rotatable bonds is 15. The Hall–Kier alpha value is -9.38. The van der Waals surface area contributed by atoms with Crippen LogP contribution in [0.4, 0.5) is 0 Å². The minimum atomic E-state index is 0.486. The summed E-state index contributed by atoms with van der Waals surface area (Å²) in [5.41, 5.74) is 32.5. The number of allylic oxidation sites excluding steroid dienone is 2. The predicted molar refractivity (Wildman–Crippen MR) is 304 cm³/mol. The molecule has 0 saturated heterocycles. The van der Waals surface area contributed by atoms with Gasteiger partial charge in [0.1, 0.15) is 11.7 Å². The molecule has 0 unspecified atom stereocenters. The molecule has 10 aromatic carbocycles. The van der Waals surface area contributed by atoms with Crippen molar-refractivity contribution in [3.8, 4) is 55.6 Å². The molecule has 0 fully saturated rings. The standard InChI is InChI=1S/C68H54N4/c69-67(55-23-9-3-10-24-55)71-65(45-35-49-19-5-1-6-20-49)53-41-37-51(38-42-53)57-27-17-29-59(47-57)61-31-13-15-33-63(61)64-34-16-14-32-62(64)60-30-18-28-58(48-60)52-39-43-54(44-40-52)66(46-36-50-21-7-2-8-22-50)72-68(70)56-25-11-4-12-26-56/h1-34,37-48H,35-36H2,(H2,69,71)(H2,70,72)/b65-45-,66-46-. The van der Waals surface area contributed by atoms with Crippen LogP contribution in [-0.4, -0.2) is 11.7 Å². The topological polar surface area (TPSA) is 76.8 Å². The van der Waals surface area contributed by atoms with E-state index in [9.17, 15) is 0 Å². The average Bonchev–Trinajstić information content (AvgIpc) is 3.46. The SMILES string of the molecule is N/C(=N\C(=C/Cc1ccccc1)c1ccc(-c2cccc(-c3ccccc3-c3ccccc3-c3cccc(-c4ccc(C(=C/Cc5ccccc5)/N=C(\N)c5ccccc5)cc4)c3)c2)cc1)c1ccccc1. The molecule has 72 heavy (non-hydrogen) atoms. The van der Waals surface area contributed by atoms with Gasteiger partial charge in [-0.2, -0.15) is 0 Å². The molecule has 0 bridgehead atoms. The molecule has 0 aliphatic rings. The van der Waals surface area contributed by atoms with Crippen molar-refractivity contribution in [1.82, 2.24) is 0 Å². The van der Waals surface area contributed by atoms with Gasteiger partial charge < -0.3 is 11.5 Å². The zero-order valence-electron chi connectivity index (χ0n) is 40.0. The fourth-order valence-corrected chi connectivity index (χ4v) is 9.06. The maximum absolute atomic E-state index is 6.58. The van der Waals surface area contributed by atoms with Crippen LogP contribution in [0.1, 0.15) is 33.4 Å². The summed E-state index contributed by atoms with van der Waals surface area (Å²) in [5.74, 6) is 0.971. The zero-order chi connectivity index (χ0) is 48.9. The summed E-state index contributed by atoms with van der Waals surface area (Å²) in [5, 5.41) is 0. The minimum absolute atomic E-state index is 0.486. The van der Waals surface area contributed by atoms with Crippen molar-refractivity contribution in [3.05, 3.63) is 312 Å². The van der Waals surface area contributed by atoms with E-state index in [1.165, 1.54) is 33.4 Å². The predicted octanol–water partition coefficient (Wildman–Crippen LogP) is 16.0. The van der Waals surface area contributed by atoms with E-state index in [1.807, 2.05) is 72.8 Å². The average molecular weight is 927 g/mol. The molecule has 10 rings (SSSR count). The van der Waals surface area contributed by atoms with Gasteiger partial charge in [0.2, 0.25) is 0 Å². The fourth-order valence-electron chi connectivity index (χ4n) is 9.06. The molecule has 0 heterocycles. The Morgan fingerprint density at radius 2 is 0.597 bits per heavy atom. The van der Waals surface area contributed by atoms with E-state index in [1.54, 1.807) is 0 Å². The Morgan fingerprint density at radius 1 is 0.278 bits per heavy atom. The van der Waals surface area contributed by atoms with Gasteiger partial charge >= 0.3 is 0 Å². The van der Waals surface area contributed by atoms with Crippen LogP contribution >= 0.6 is 0 Å². The number of hydrogen-bond donors (Lipinski definition) is 2. The van der Waals surface area contributed by atoms with Gasteiger partial charge in [0.05, 0.1) is 11.4 Å². The van der Waals surface area contributed by atoms with Gasteiger partial charge in [-0.1, -0.05) is 267 Å². The van der Waals surface area contributed by atoms with Gasteiger partial charge in [-0.05, 0) is 103 Å². The van der Waals surface area contributed by atoms with E-state index in [-0.39, 0.29) is 0 Å². The van der Waals surface area contributed by atoms with Crippen molar-refractivity contribution in [2.24, 2.45) is 21.5 Å². The highest BCUT2D eigenvalue weighted by Gasteiger charge is 2.15. The molecular formula is C68H54N4. The van der Waals surface area contributed by atoms with Gasteiger partial charge in [-0.15, -0.1) is 0 Å². The second-order valence-electron chi connectivity index (χ2n) is 17.7. The summed E-state index contributed by atoms with van der Waals surface area (Å²) in [7, 11) is 0. The van der Waals surface area contributed by atoms with Crippen LogP contribution in [0.3, 0.4) is 0 Å². The van der Waals surface area contributed by atoms with Crippen LogP contribution in [0.15, 0.2) is 289 Å². The Balaban J connectivity index is 0.925. The van der Waals surface area contributed by atoms with Gasteiger partial charge in [0, 0.05) is 11.1 Å². The van der Waals surface area contributed by atoms with Crippen LogP contribution in [0.2, 0.25) is 0 Å². The van der Waals surface area contributed by atoms with Crippen LogP contribution in [-0.2, 0) is 12.8 Å². The molecule has 0 spiro atoms. The highest BCUT2D eigenvalue weighted by atomic mass is 14.9. The molecule has 346 valence electrons. The lowest BCUT2D eigenvalue weighted by molar-refractivity contribution is 1.26. The van der Waals surface area contributed by atoms with Gasteiger partial charge in [-0.3, -0.25) is 0 Å². The van der Waals surface area contributed by atoms with E-state index in [0.717, 1.165) is 79.9 Å². The Kier molecular flexibility index (Phi) is 14.4. The lowest BCUT2D eigenvalue weighted by Crippen LogP contribution is -2.13. The minimum Gasteiger partial charge on any atom is -0.383 e. The number of aliphatic imine (C=N–C) groups is 2. The molecule has 4 N–H and O–H groups in total. The summed E-state index contributed by atoms with van der Waals surface area (Å²) in [6, 6.07) is 93.1. The van der Waals surface area contributed by atoms with Crippen LogP contribution in [0.25, 0.3) is 67.0 Å². The molecule has 4 heteroatoms. The van der Waals surface area contributed by atoms with E-state index in [2.05, 4.69) is 206 Å². The van der Waals surface area contributed by atoms with E-state index in [4.69, 9.17) is 21.5 Å². The number of amidine groups is 2. The van der Waals surface area contributed by atoms with Crippen molar-refractivity contribution in [3.63, 3.8) is 0 Å². The highest BCUT2D eigenvalue weighted by Crippen LogP contribution is 2.40. The molecular weight excluding hydrogens is 873 g/mol. The van der Waals surface area contributed by atoms with Gasteiger partial charge in [-0.25, -0.2) is 9.98 Å². The quantitative estimate of drug-likeness (QED) is 0.0794. The van der Waals surface area contributed by atoms with Crippen LogP contribution < -0.4 is 11.5 Å². The number of nitrogens with two attached hydrogens (primary N) is 2. The molecule has 0 atom stereocenters. The van der Waals surface area contributed by atoms with Crippen LogP contribution in [0.5, 0.6) is 0 Å². The molecule has 0 aliphatic carbocycles. The molecule has 4 nitrogen and oxygen atoms in total. The molecule has 0 amide bonds. The highest BCUT2D eigenvalue weighted by molar-refractivity contribution is 6.01. The maximum atomic E-state index is 6.58. The monoisotopic (exact) mass is 926 g/mol. The summed E-state index contributed by atoms with van der Waals surface area (Å²) in [6.07, 6.45) is 5.80. The third-order valence-corrected chi connectivity index (χ3v) is 12.9. The first-order chi connectivity index (χ1) is 35.5. The lowest BCUT2D eigenvalue weighted by Gasteiger charge is -2.16. The second-order valence-corrected chi connectivity index (χ2v) is 17.7. The summed E-state index contributed by atoms with van der Waals surface area (Å²) in [4.78, 5) is 9.92. The molecule has 10 aromatic rings. The zero-order valence-corrected chi connectivity index (χ0v) is 40.0. The van der Waals surface area contributed by atoms with Crippen LogP contribution in [0, 0.1) is 0 Å². The van der Waals surface area contributed by atoms with E-state index < -0.39 is 0 Å². The van der Waals surface area contributed by atoms with E-state index >= 15 is 0 Å². The fraction of sp³-hybridized carbons (Fsp3) is 0.0294. The van der Waals surface area contributed by atoms with Crippen molar-refractivity contribution < 1.29 is 0 Å². The molecule has 0 radical (unpaired) electrons. The maximum Gasteiger partial charge on any atom is 0.131 e. The molecule has 0 aliphatic heterocycles. The largest absolute Gasteiger partial charge is 0.383 e. The van der Waals surface area contributed by atoms with Gasteiger partial charge in [0.25, 0.3) is 0 Å². The molecule has 0 saturated carbocycles. The Labute approximate surface area is 423 Å². The van der Waals surface area contributed by atoms with Crippen molar-refractivity contribution in [2.75, 3.05) is 0 Å². The summed E-state index contributed by atoms with van der Waals surface area (Å²) < 4.78 is 0.